The standard InChI is InChI=1S/C21H27N3O3/c1-2-27-21(26)24-11-9-15(10-12-24)22-20(25)14-7-8-19-17(13-14)16-5-3-4-6-18(16)23-19/h7-8,13,15,23H,2-6,9-12H2,1H3,(H,22,25). The third-order valence-electron chi connectivity index (χ3n) is 5.72. The van der Waals surface area contributed by atoms with Crippen molar-refractivity contribution in [2.24, 2.45) is 0 Å². The number of hydrogen-bond donors (Lipinski definition) is 2. The topological polar surface area (TPSA) is 74.4 Å². The van der Waals surface area contributed by atoms with Crippen LogP contribution in [-0.4, -0.2) is 47.6 Å². The Balaban J connectivity index is 1.41. The Labute approximate surface area is 159 Å². The van der Waals surface area contributed by atoms with Gasteiger partial charge in [0, 0.05) is 41.3 Å². The molecule has 144 valence electrons. The molecule has 1 saturated heterocycles. The predicted molar refractivity (Wildman–Crippen MR) is 104 cm³/mol. The average molecular weight is 369 g/mol. The molecule has 2 N–H and O–H groups in total. The number of ether oxygens (including phenoxy) is 1. The lowest BCUT2D eigenvalue weighted by Gasteiger charge is -2.31. The maximum absolute atomic E-state index is 12.7. The molecule has 0 saturated carbocycles. The van der Waals surface area contributed by atoms with E-state index >= 15 is 0 Å². The number of nitrogens with zero attached hydrogens (tertiary/aromatic N) is 1. The number of fused-ring (bicyclic) bond motifs is 3. The smallest absolute Gasteiger partial charge is 0.409 e. The Morgan fingerprint density at radius 2 is 2.00 bits per heavy atom. The van der Waals surface area contributed by atoms with E-state index in [0.717, 1.165) is 31.2 Å². The molecule has 6 heteroatoms. The van der Waals surface area contributed by atoms with Crippen LogP contribution in [0.1, 0.15) is 54.2 Å². The first-order valence-electron chi connectivity index (χ1n) is 10.0. The van der Waals surface area contributed by atoms with Gasteiger partial charge in [-0.15, -0.1) is 0 Å². The molecule has 0 radical (unpaired) electrons. The number of hydrogen-bond acceptors (Lipinski definition) is 3. The molecule has 27 heavy (non-hydrogen) atoms. The lowest BCUT2D eigenvalue weighted by Crippen LogP contribution is -2.46. The van der Waals surface area contributed by atoms with Gasteiger partial charge >= 0.3 is 6.09 Å². The summed E-state index contributed by atoms with van der Waals surface area (Å²) >= 11 is 0. The molecule has 0 atom stereocenters. The van der Waals surface area contributed by atoms with Crippen molar-refractivity contribution in [3.63, 3.8) is 0 Å². The molecule has 1 aromatic heterocycles. The summed E-state index contributed by atoms with van der Waals surface area (Å²) in [6, 6.07) is 6.04. The monoisotopic (exact) mass is 369 g/mol. The number of nitrogens with one attached hydrogen (secondary N) is 2. The van der Waals surface area contributed by atoms with Crippen molar-refractivity contribution in [2.75, 3.05) is 19.7 Å². The number of likely N-dealkylation sites (tertiary alicyclic amines) is 1. The maximum Gasteiger partial charge on any atom is 0.409 e. The summed E-state index contributed by atoms with van der Waals surface area (Å²) in [5, 5.41) is 4.32. The highest BCUT2D eigenvalue weighted by atomic mass is 16.6. The molecule has 0 spiro atoms. The van der Waals surface area contributed by atoms with Crippen LogP contribution in [0.3, 0.4) is 0 Å². The summed E-state index contributed by atoms with van der Waals surface area (Å²) in [4.78, 5) is 29.7. The van der Waals surface area contributed by atoms with E-state index in [2.05, 4.69) is 10.3 Å². The van der Waals surface area contributed by atoms with E-state index in [9.17, 15) is 9.59 Å². The van der Waals surface area contributed by atoms with E-state index < -0.39 is 0 Å². The van der Waals surface area contributed by atoms with Gasteiger partial charge in [0.2, 0.25) is 0 Å². The number of amides is 2. The first-order valence-corrected chi connectivity index (χ1v) is 10.0. The van der Waals surface area contributed by atoms with Crippen LogP contribution in [0.2, 0.25) is 0 Å². The quantitative estimate of drug-likeness (QED) is 0.871. The highest BCUT2D eigenvalue weighted by Gasteiger charge is 2.25. The zero-order valence-electron chi connectivity index (χ0n) is 15.8. The van der Waals surface area contributed by atoms with E-state index in [1.165, 1.54) is 29.5 Å². The Morgan fingerprint density at radius 1 is 1.22 bits per heavy atom. The summed E-state index contributed by atoms with van der Waals surface area (Å²) in [6.45, 7) is 3.44. The summed E-state index contributed by atoms with van der Waals surface area (Å²) in [5.41, 5.74) is 4.55. The molecule has 1 fully saturated rings. The highest BCUT2D eigenvalue weighted by molar-refractivity contribution is 5.99. The fourth-order valence-electron chi connectivity index (χ4n) is 4.24. The number of carbonyl (C=O) groups excluding carboxylic acids is 2. The van der Waals surface area contributed by atoms with E-state index in [4.69, 9.17) is 4.74 Å². The molecule has 0 unspecified atom stereocenters. The zero-order chi connectivity index (χ0) is 18.8. The lowest BCUT2D eigenvalue weighted by molar-refractivity contribution is 0.0860. The van der Waals surface area contributed by atoms with Crippen LogP contribution in [0, 0.1) is 0 Å². The summed E-state index contributed by atoms with van der Waals surface area (Å²) in [7, 11) is 0. The second-order valence-corrected chi connectivity index (χ2v) is 7.48. The average Bonchev–Trinajstić information content (AvgIpc) is 3.06. The molecule has 1 aliphatic heterocycles. The van der Waals surface area contributed by atoms with Gasteiger partial charge in [0.15, 0.2) is 0 Å². The van der Waals surface area contributed by atoms with Gasteiger partial charge < -0.3 is 19.9 Å². The van der Waals surface area contributed by atoms with E-state index in [1.54, 1.807) is 4.90 Å². The van der Waals surface area contributed by atoms with Gasteiger partial charge in [-0.25, -0.2) is 4.79 Å². The van der Waals surface area contributed by atoms with Gasteiger partial charge in [-0.05, 0) is 69.2 Å². The van der Waals surface area contributed by atoms with Crippen molar-refractivity contribution in [3.8, 4) is 0 Å². The summed E-state index contributed by atoms with van der Waals surface area (Å²) in [6.07, 6.45) is 5.90. The maximum atomic E-state index is 12.7. The molecule has 2 heterocycles. The second-order valence-electron chi connectivity index (χ2n) is 7.48. The summed E-state index contributed by atoms with van der Waals surface area (Å²) < 4.78 is 5.04. The third-order valence-corrected chi connectivity index (χ3v) is 5.72. The molecule has 4 rings (SSSR count). The Bertz CT molecular complexity index is 850. The second kappa shape index (κ2) is 7.62. The van der Waals surface area contributed by atoms with Crippen LogP contribution in [0.4, 0.5) is 4.79 Å². The van der Waals surface area contributed by atoms with Crippen LogP contribution in [0.15, 0.2) is 18.2 Å². The first kappa shape index (κ1) is 17.9. The number of aryl methyl sites for hydroxylation is 2. The zero-order valence-corrected chi connectivity index (χ0v) is 15.8. The molecule has 2 aromatic rings. The molecule has 1 aromatic carbocycles. The van der Waals surface area contributed by atoms with E-state index in [1.807, 2.05) is 25.1 Å². The number of aromatic nitrogens is 1. The summed E-state index contributed by atoms with van der Waals surface area (Å²) in [5.74, 6) is -0.0303. The van der Waals surface area contributed by atoms with Gasteiger partial charge in [0.25, 0.3) is 5.91 Å². The normalized spacial score (nSPS) is 17.6. The number of carbonyl (C=O) groups is 2. The Hall–Kier alpha value is -2.50. The lowest BCUT2D eigenvalue weighted by atomic mass is 9.95. The van der Waals surface area contributed by atoms with Gasteiger partial charge in [-0.2, -0.15) is 0 Å². The van der Waals surface area contributed by atoms with Crippen molar-refractivity contribution >= 4 is 22.9 Å². The number of aromatic amines is 1. The third kappa shape index (κ3) is 3.66. The minimum absolute atomic E-state index is 0.0303. The van der Waals surface area contributed by atoms with Gasteiger partial charge in [0.05, 0.1) is 6.61 Å². The number of piperidine rings is 1. The number of rotatable bonds is 3. The van der Waals surface area contributed by atoms with Crippen LogP contribution >= 0.6 is 0 Å². The van der Waals surface area contributed by atoms with Gasteiger partial charge in [0.1, 0.15) is 0 Å². The molecular formula is C21H27N3O3. The molecule has 2 aliphatic rings. The number of H-pyrrole nitrogens is 1. The number of benzene rings is 1. The van der Waals surface area contributed by atoms with Crippen molar-refractivity contribution in [1.82, 2.24) is 15.2 Å². The van der Waals surface area contributed by atoms with Crippen molar-refractivity contribution in [3.05, 3.63) is 35.0 Å². The van der Waals surface area contributed by atoms with Gasteiger partial charge in [-0.1, -0.05) is 0 Å². The van der Waals surface area contributed by atoms with Crippen LogP contribution in [-0.2, 0) is 17.6 Å². The van der Waals surface area contributed by atoms with Crippen molar-refractivity contribution in [2.45, 2.75) is 51.5 Å². The largest absolute Gasteiger partial charge is 0.450 e. The van der Waals surface area contributed by atoms with E-state index in [0.29, 0.717) is 25.3 Å². The van der Waals surface area contributed by atoms with Crippen molar-refractivity contribution < 1.29 is 14.3 Å². The minimum atomic E-state index is -0.259. The fourth-order valence-corrected chi connectivity index (χ4v) is 4.24. The highest BCUT2D eigenvalue weighted by Crippen LogP contribution is 2.29. The molecular weight excluding hydrogens is 342 g/mol. The first-order chi connectivity index (χ1) is 13.2. The molecule has 1 aliphatic carbocycles. The SMILES string of the molecule is CCOC(=O)N1CCC(NC(=O)c2ccc3[nH]c4c(c3c2)CCCC4)CC1. The van der Waals surface area contributed by atoms with Gasteiger partial charge in [-0.3, -0.25) is 4.79 Å². The minimum Gasteiger partial charge on any atom is -0.450 e. The van der Waals surface area contributed by atoms with Crippen LogP contribution < -0.4 is 5.32 Å². The molecule has 0 bridgehead atoms. The molecule has 2 amide bonds. The van der Waals surface area contributed by atoms with Crippen LogP contribution in [0.25, 0.3) is 10.9 Å². The Morgan fingerprint density at radius 3 is 2.78 bits per heavy atom. The van der Waals surface area contributed by atoms with E-state index in [-0.39, 0.29) is 18.0 Å². The fraction of sp³-hybridized carbons (Fsp3) is 0.524. The van der Waals surface area contributed by atoms with Crippen LogP contribution in [0.5, 0.6) is 0 Å². The Kier molecular flexibility index (Phi) is 5.05. The van der Waals surface area contributed by atoms with Crippen molar-refractivity contribution in [1.29, 1.82) is 0 Å². The predicted octanol–water partition coefficient (Wildman–Crippen LogP) is 3.40. The molecule has 6 nitrogen and oxygen atoms in total.